The molecule has 0 radical (unpaired) electrons. The number of ether oxygens (including phenoxy) is 2. The van der Waals surface area contributed by atoms with Crippen molar-refractivity contribution in [2.45, 2.75) is 25.7 Å². The third-order valence-corrected chi connectivity index (χ3v) is 3.17. The second kappa shape index (κ2) is 6.40. The minimum Gasteiger partial charge on any atom is -0.432 e. The lowest BCUT2D eigenvalue weighted by Crippen LogP contribution is -2.48. The van der Waals surface area contributed by atoms with Crippen LogP contribution < -0.4 is 15.4 Å². The van der Waals surface area contributed by atoms with E-state index in [-0.39, 0.29) is 18.4 Å². The Balaban J connectivity index is 2.29. The zero-order valence-electron chi connectivity index (χ0n) is 11.4. The van der Waals surface area contributed by atoms with Crippen molar-refractivity contribution in [1.29, 1.82) is 0 Å². The first-order valence-corrected chi connectivity index (χ1v) is 6.45. The van der Waals surface area contributed by atoms with E-state index in [4.69, 9.17) is 10.5 Å². The molecule has 1 fully saturated rings. The van der Waals surface area contributed by atoms with Crippen LogP contribution in [0.5, 0.6) is 5.75 Å². The fourth-order valence-corrected chi connectivity index (χ4v) is 2.36. The Morgan fingerprint density at radius 2 is 2.19 bits per heavy atom. The average Bonchev–Trinajstić information content (AvgIpc) is 2.40. The molecule has 0 amide bonds. The Morgan fingerprint density at radius 3 is 2.81 bits per heavy atom. The second-order valence-corrected chi connectivity index (χ2v) is 4.88. The van der Waals surface area contributed by atoms with Gasteiger partial charge in [0.15, 0.2) is 11.6 Å². The maximum atomic E-state index is 13.6. The third kappa shape index (κ3) is 3.70. The molecule has 8 heteroatoms. The van der Waals surface area contributed by atoms with E-state index >= 15 is 0 Å². The molecule has 2 unspecified atom stereocenters. The number of aliphatic hydroxyl groups is 1. The number of hydrogen-bond donors (Lipinski definition) is 2. The van der Waals surface area contributed by atoms with Gasteiger partial charge in [0.2, 0.25) is 0 Å². The van der Waals surface area contributed by atoms with Gasteiger partial charge in [0, 0.05) is 25.2 Å². The van der Waals surface area contributed by atoms with Crippen molar-refractivity contribution in [2.24, 2.45) is 0 Å². The number of halogens is 3. The molecular formula is C13H17F3N2O3. The van der Waals surface area contributed by atoms with Crippen molar-refractivity contribution in [3.05, 3.63) is 17.9 Å². The zero-order chi connectivity index (χ0) is 15.6. The van der Waals surface area contributed by atoms with E-state index in [1.165, 1.54) is 0 Å². The number of benzene rings is 1. The van der Waals surface area contributed by atoms with E-state index in [0.717, 1.165) is 12.1 Å². The maximum Gasteiger partial charge on any atom is 0.387 e. The summed E-state index contributed by atoms with van der Waals surface area (Å²) in [7, 11) is 0. The number of alkyl halides is 2. The Hall–Kier alpha value is -1.67. The highest BCUT2D eigenvalue weighted by molar-refractivity contribution is 5.70. The van der Waals surface area contributed by atoms with Crippen molar-refractivity contribution in [2.75, 3.05) is 30.3 Å². The number of nitrogen functional groups attached to an aromatic ring is 1. The van der Waals surface area contributed by atoms with Crippen molar-refractivity contribution in [3.8, 4) is 5.75 Å². The van der Waals surface area contributed by atoms with Crippen LogP contribution in [0.1, 0.15) is 6.92 Å². The number of rotatable bonds is 4. The minimum absolute atomic E-state index is 0.111. The summed E-state index contributed by atoms with van der Waals surface area (Å²) in [6, 6.07) is 2.09. The molecule has 118 valence electrons. The highest BCUT2D eigenvalue weighted by Crippen LogP contribution is 2.33. The normalized spacial score (nSPS) is 22.7. The number of nitrogens with zero attached hydrogens (tertiary/aromatic N) is 1. The first-order chi connectivity index (χ1) is 9.90. The predicted octanol–water partition coefficient (Wildman–Crippen LogP) is 1.60. The molecule has 2 rings (SSSR count). The fourth-order valence-electron chi connectivity index (χ4n) is 2.36. The molecule has 1 aliphatic rings. The summed E-state index contributed by atoms with van der Waals surface area (Å²) >= 11 is 0. The topological polar surface area (TPSA) is 68.0 Å². The van der Waals surface area contributed by atoms with Crippen molar-refractivity contribution >= 4 is 11.4 Å². The minimum atomic E-state index is -3.12. The summed E-state index contributed by atoms with van der Waals surface area (Å²) in [4.78, 5) is 1.75. The molecule has 1 aromatic rings. The van der Waals surface area contributed by atoms with E-state index in [1.54, 1.807) is 4.90 Å². The number of aliphatic hydroxyl groups excluding tert-OH is 1. The standard InChI is InChI=1S/C13H17F3N2O3/c1-7-4-18(5-8(6-19)20-7)11-3-12(21-13(15)16)9(14)2-10(11)17/h2-3,7-8,13,19H,4-6,17H2,1H3. The van der Waals surface area contributed by atoms with Crippen LogP contribution in [-0.4, -0.2) is 43.6 Å². The molecule has 2 atom stereocenters. The summed E-state index contributed by atoms with van der Waals surface area (Å²) in [5.74, 6) is -1.51. The molecule has 1 aliphatic heterocycles. The molecule has 3 N–H and O–H groups in total. The molecule has 0 saturated carbocycles. The molecule has 1 heterocycles. The first-order valence-electron chi connectivity index (χ1n) is 6.45. The zero-order valence-corrected chi connectivity index (χ0v) is 11.4. The van der Waals surface area contributed by atoms with Gasteiger partial charge in [-0.15, -0.1) is 0 Å². The molecule has 21 heavy (non-hydrogen) atoms. The van der Waals surface area contributed by atoms with Gasteiger partial charge >= 0.3 is 6.61 Å². The van der Waals surface area contributed by atoms with E-state index < -0.39 is 24.3 Å². The van der Waals surface area contributed by atoms with Crippen LogP contribution in [0.25, 0.3) is 0 Å². The van der Waals surface area contributed by atoms with E-state index in [2.05, 4.69) is 4.74 Å². The van der Waals surface area contributed by atoms with Crippen LogP contribution in [0.2, 0.25) is 0 Å². The summed E-state index contributed by atoms with van der Waals surface area (Å²) in [6.45, 7) is -0.719. The molecule has 1 aromatic carbocycles. The smallest absolute Gasteiger partial charge is 0.387 e. The monoisotopic (exact) mass is 306 g/mol. The van der Waals surface area contributed by atoms with Gasteiger partial charge in [-0.25, -0.2) is 4.39 Å². The van der Waals surface area contributed by atoms with Gasteiger partial charge in [0.05, 0.1) is 30.2 Å². The molecule has 1 saturated heterocycles. The Morgan fingerprint density at radius 1 is 1.48 bits per heavy atom. The molecule has 0 spiro atoms. The van der Waals surface area contributed by atoms with Gasteiger partial charge in [-0.3, -0.25) is 0 Å². The van der Waals surface area contributed by atoms with Crippen LogP contribution >= 0.6 is 0 Å². The molecule has 5 nitrogen and oxygen atoms in total. The highest BCUT2D eigenvalue weighted by atomic mass is 19.3. The van der Waals surface area contributed by atoms with Gasteiger partial charge in [-0.05, 0) is 6.92 Å². The van der Waals surface area contributed by atoms with Crippen LogP contribution in [0.3, 0.4) is 0 Å². The van der Waals surface area contributed by atoms with E-state index in [0.29, 0.717) is 18.8 Å². The first kappa shape index (κ1) is 15.7. The average molecular weight is 306 g/mol. The molecule has 0 bridgehead atoms. The number of hydrogen-bond acceptors (Lipinski definition) is 5. The van der Waals surface area contributed by atoms with Crippen molar-refractivity contribution < 1.29 is 27.8 Å². The van der Waals surface area contributed by atoms with Gasteiger partial charge in [0.25, 0.3) is 0 Å². The van der Waals surface area contributed by atoms with Crippen LogP contribution in [0.4, 0.5) is 24.5 Å². The fraction of sp³-hybridized carbons (Fsp3) is 0.538. The summed E-state index contributed by atoms with van der Waals surface area (Å²) < 4.78 is 47.7. The number of anilines is 2. The number of nitrogens with two attached hydrogens (primary N) is 1. The van der Waals surface area contributed by atoms with Crippen LogP contribution in [-0.2, 0) is 4.74 Å². The van der Waals surface area contributed by atoms with Gasteiger partial charge < -0.3 is 25.2 Å². The van der Waals surface area contributed by atoms with E-state index in [9.17, 15) is 18.3 Å². The molecule has 0 aliphatic carbocycles. The van der Waals surface area contributed by atoms with Crippen molar-refractivity contribution in [1.82, 2.24) is 0 Å². The number of morpholine rings is 1. The lowest BCUT2D eigenvalue weighted by Gasteiger charge is -2.38. The lowest BCUT2D eigenvalue weighted by atomic mass is 10.1. The SMILES string of the molecule is CC1CN(c2cc(OC(F)F)c(F)cc2N)CC(CO)O1. The maximum absolute atomic E-state index is 13.6. The third-order valence-electron chi connectivity index (χ3n) is 3.17. The van der Waals surface area contributed by atoms with Gasteiger partial charge in [-0.1, -0.05) is 0 Å². The summed E-state index contributed by atoms with van der Waals surface area (Å²) in [5, 5.41) is 9.19. The Kier molecular flexibility index (Phi) is 4.79. The summed E-state index contributed by atoms with van der Waals surface area (Å²) in [5.41, 5.74) is 6.24. The van der Waals surface area contributed by atoms with E-state index in [1.807, 2.05) is 6.92 Å². The Labute approximate surface area is 120 Å². The largest absolute Gasteiger partial charge is 0.432 e. The summed E-state index contributed by atoms with van der Waals surface area (Å²) in [6.07, 6.45) is -0.600. The Bertz CT molecular complexity index is 502. The highest BCUT2D eigenvalue weighted by Gasteiger charge is 2.27. The molecular weight excluding hydrogens is 289 g/mol. The van der Waals surface area contributed by atoms with Crippen molar-refractivity contribution in [3.63, 3.8) is 0 Å². The predicted molar refractivity (Wildman–Crippen MR) is 71.1 cm³/mol. The van der Waals surface area contributed by atoms with Gasteiger partial charge in [0.1, 0.15) is 0 Å². The quantitative estimate of drug-likeness (QED) is 0.827. The molecule has 0 aromatic heterocycles. The van der Waals surface area contributed by atoms with Crippen LogP contribution in [0.15, 0.2) is 12.1 Å². The second-order valence-electron chi connectivity index (χ2n) is 4.88. The van der Waals surface area contributed by atoms with Gasteiger partial charge in [-0.2, -0.15) is 8.78 Å². The van der Waals surface area contributed by atoms with Crippen LogP contribution in [0, 0.1) is 5.82 Å². The lowest BCUT2D eigenvalue weighted by molar-refractivity contribution is -0.0523.